The molecule has 8 nitrogen and oxygen atoms in total. The Labute approximate surface area is 459 Å². The zero-order valence-corrected chi connectivity index (χ0v) is 52.1. The van der Waals surface area contributed by atoms with Crippen molar-refractivity contribution in [1.29, 1.82) is 0 Å². The summed E-state index contributed by atoms with van der Waals surface area (Å²) in [5.41, 5.74) is 0.537. The fourth-order valence-corrected chi connectivity index (χ4v) is 20.2. The van der Waals surface area contributed by atoms with Crippen LogP contribution in [-0.4, -0.2) is 76.4 Å². The second-order valence-corrected chi connectivity index (χ2v) is 39.0. The number of rotatable bonds is 4. The van der Waals surface area contributed by atoms with Gasteiger partial charge in [-0.05, 0) is 184 Å². The fourth-order valence-electron chi connectivity index (χ4n) is 17.3. The first-order valence-electron chi connectivity index (χ1n) is 27.4. The number of hydrogen-bond acceptors (Lipinski definition) is 8. The molecule has 0 spiro atoms. The third-order valence-corrected chi connectivity index (χ3v) is 32.1. The molecule has 406 valence electrons. The van der Waals surface area contributed by atoms with Crippen LogP contribution >= 0.6 is 0 Å². The van der Waals surface area contributed by atoms with Crippen LogP contribution < -0.4 is 18.9 Å². The van der Waals surface area contributed by atoms with Crippen molar-refractivity contribution in [1.82, 2.24) is 0 Å². The second-order valence-electron chi connectivity index (χ2n) is 29.5. The topological polar surface area (TPSA) is 89.5 Å². The van der Waals surface area contributed by atoms with Crippen molar-refractivity contribution in [3.05, 3.63) is 27.0 Å². The Hall–Kier alpha value is 0.391. The standard InChI is InChI=1S/C29H50O4Si.C28H46O4Si.2CH3.Cu.Li/c1-17-15-18(30)16-21-24-25(32-27(5,6)31-24)23-19-11-12-22(33-34(9,10)26(2,3)4)28(19,7)14-13-20(23)29(17,21)8;1-25(2,3)33(8,9)32-21-11-10-18-22-19(13-15-28(18,21)7)27(6)14-12-17(29)16-20(27)23-24(22)31-26(4,5)30-23;;;;/h17,19-25H,11-16H2,1-10H3;12,14,18-24H,10-11,13,15-16H2,1-9H3;2*1H3;;/q;;2*-1;2*+1/t17-,19?,20?,21?,22-,23?,24+,25+,28-,29+;18?,19?,20?,21-,22?,23+,24+,27+,28-;;;;/m00..../s1. The fraction of sp³-hybridized carbons (Fsp3) is 0.898. The van der Waals surface area contributed by atoms with Crippen molar-refractivity contribution in [2.45, 2.75) is 259 Å². The number of ether oxygens (including phenoxy) is 4. The zero-order valence-electron chi connectivity index (χ0n) is 49.2. The minimum Gasteiger partial charge on any atom is -0.413 e. The maximum Gasteiger partial charge on any atom is 1.00 e. The molecule has 0 N–H and O–H groups in total. The molecule has 10 aliphatic rings. The summed E-state index contributed by atoms with van der Waals surface area (Å²) in [6.07, 6.45) is 16.7. The van der Waals surface area contributed by atoms with Crippen molar-refractivity contribution < 1.29 is 73.3 Å². The normalized spacial score (nSPS) is 46.8. The summed E-state index contributed by atoms with van der Waals surface area (Å²) in [6.45, 7) is 44.3. The summed E-state index contributed by atoms with van der Waals surface area (Å²) in [5.74, 6) is 3.69. The first-order chi connectivity index (χ1) is 30.6. The van der Waals surface area contributed by atoms with E-state index in [9.17, 15) is 9.59 Å². The van der Waals surface area contributed by atoms with E-state index in [-0.39, 0.29) is 125 Å². The predicted octanol–water partition coefficient (Wildman–Crippen LogP) is 11.4. The molecule has 10 rings (SSSR count). The van der Waals surface area contributed by atoms with Gasteiger partial charge in [-0.2, -0.15) is 0 Å². The number of Topliss-reactive ketones (excluding diaryl/α,β-unsaturated/α-hetero) is 1. The number of ketones is 2. The number of carbonyl (C=O) groups is 2. The van der Waals surface area contributed by atoms with Crippen LogP contribution in [0.15, 0.2) is 12.2 Å². The molecule has 7 saturated carbocycles. The Bertz CT molecular complexity index is 2000. The molecule has 0 aromatic carbocycles. The molecule has 0 aromatic rings. The average Bonchev–Trinajstić information content (AvgIpc) is 3.91. The quantitative estimate of drug-likeness (QED) is 0.203. The van der Waals surface area contributed by atoms with E-state index in [0.29, 0.717) is 72.3 Å². The number of allylic oxidation sites excluding steroid dienone is 2. The minimum atomic E-state index is -1.84. The van der Waals surface area contributed by atoms with E-state index in [1.54, 1.807) is 0 Å². The molecule has 0 bridgehead atoms. The van der Waals surface area contributed by atoms with Crippen LogP contribution in [0, 0.1) is 89.8 Å². The Morgan fingerprint density at radius 2 is 0.958 bits per heavy atom. The third kappa shape index (κ3) is 9.90. The molecule has 19 atom stereocenters. The largest absolute Gasteiger partial charge is 1.00 e. The Kier molecular flexibility index (Phi) is 17.5. The van der Waals surface area contributed by atoms with Gasteiger partial charge in [0.1, 0.15) is 5.78 Å². The van der Waals surface area contributed by atoms with Gasteiger partial charge in [0.2, 0.25) is 0 Å². The zero-order chi connectivity index (χ0) is 49.2. The second kappa shape index (κ2) is 19.9. The number of fused-ring (bicyclic) bond motifs is 16. The van der Waals surface area contributed by atoms with Crippen LogP contribution in [0.4, 0.5) is 0 Å². The van der Waals surface area contributed by atoms with E-state index in [0.717, 1.165) is 12.8 Å². The summed E-state index contributed by atoms with van der Waals surface area (Å²) < 4.78 is 41.0. The van der Waals surface area contributed by atoms with E-state index in [4.69, 9.17) is 27.8 Å². The van der Waals surface area contributed by atoms with Crippen molar-refractivity contribution in [3.8, 4) is 0 Å². The van der Waals surface area contributed by atoms with Gasteiger partial charge in [0.25, 0.3) is 0 Å². The molecular weight excluding hydrogens is 963 g/mol. The van der Waals surface area contributed by atoms with Gasteiger partial charge < -0.3 is 42.7 Å². The summed E-state index contributed by atoms with van der Waals surface area (Å²) in [6, 6.07) is 0. The van der Waals surface area contributed by atoms with E-state index < -0.39 is 28.2 Å². The molecule has 2 heterocycles. The van der Waals surface area contributed by atoms with E-state index in [1.165, 1.54) is 44.9 Å². The van der Waals surface area contributed by atoms with Gasteiger partial charge in [0, 0.05) is 31.1 Å². The molecule has 2 saturated heterocycles. The molecular formula is C59H102CuLiO8Si2. The molecule has 0 radical (unpaired) electrons. The van der Waals surface area contributed by atoms with Gasteiger partial charge in [-0.3, -0.25) is 9.59 Å². The van der Waals surface area contributed by atoms with Crippen LogP contribution in [0.3, 0.4) is 0 Å². The molecule has 0 aromatic heterocycles. The maximum absolute atomic E-state index is 12.8. The van der Waals surface area contributed by atoms with Crippen LogP contribution in [0.1, 0.15) is 174 Å². The summed E-state index contributed by atoms with van der Waals surface area (Å²) >= 11 is 0. The van der Waals surface area contributed by atoms with E-state index in [2.05, 4.69) is 136 Å². The number of hydrogen-bond donors (Lipinski definition) is 0. The first-order valence-corrected chi connectivity index (χ1v) is 33.2. The molecule has 2 aliphatic heterocycles. The van der Waals surface area contributed by atoms with Crippen LogP contribution in [0.5, 0.6) is 0 Å². The molecule has 12 heteroatoms. The maximum atomic E-state index is 12.8. The first kappa shape index (κ1) is 62.2. The van der Waals surface area contributed by atoms with Gasteiger partial charge in [-0.1, -0.05) is 82.2 Å². The van der Waals surface area contributed by atoms with Gasteiger partial charge in [-0.15, -0.1) is 0 Å². The minimum absolute atomic E-state index is 0. The predicted molar refractivity (Wildman–Crippen MR) is 284 cm³/mol. The van der Waals surface area contributed by atoms with Crippen molar-refractivity contribution in [2.24, 2.45) is 74.9 Å². The van der Waals surface area contributed by atoms with Gasteiger partial charge in [-0.25, -0.2) is 0 Å². The summed E-state index contributed by atoms with van der Waals surface area (Å²) in [7, 11) is -3.68. The van der Waals surface area contributed by atoms with E-state index in [1.807, 2.05) is 6.08 Å². The molecule has 8 aliphatic carbocycles. The smallest absolute Gasteiger partial charge is 0.413 e. The Balaban J connectivity index is 0.000000250. The van der Waals surface area contributed by atoms with Crippen LogP contribution in [-0.2, 0) is 54.5 Å². The van der Waals surface area contributed by atoms with Crippen molar-refractivity contribution in [2.75, 3.05) is 0 Å². The molecule has 9 fully saturated rings. The summed E-state index contributed by atoms with van der Waals surface area (Å²) in [4.78, 5) is 25.2. The Morgan fingerprint density at radius 1 is 0.549 bits per heavy atom. The van der Waals surface area contributed by atoms with Gasteiger partial charge in [0.15, 0.2) is 34.0 Å². The molecule has 8 unspecified atom stereocenters. The van der Waals surface area contributed by atoms with Crippen molar-refractivity contribution >= 4 is 28.2 Å². The average molecular weight is 1070 g/mol. The monoisotopic (exact) mass is 1060 g/mol. The van der Waals surface area contributed by atoms with Gasteiger partial charge in [0.05, 0.1) is 36.6 Å². The molecule has 0 amide bonds. The van der Waals surface area contributed by atoms with Crippen molar-refractivity contribution in [3.63, 3.8) is 0 Å². The van der Waals surface area contributed by atoms with Gasteiger partial charge >= 0.3 is 35.9 Å². The van der Waals surface area contributed by atoms with E-state index >= 15 is 0 Å². The van der Waals surface area contributed by atoms with Crippen LogP contribution in [0.2, 0.25) is 36.3 Å². The molecule has 71 heavy (non-hydrogen) atoms. The third-order valence-electron chi connectivity index (χ3n) is 23.1. The summed E-state index contributed by atoms with van der Waals surface area (Å²) in [5, 5.41) is 0.451. The number of carbonyl (C=O) groups excluding carboxylic acids is 2. The van der Waals surface area contributed by atoms with Crippen LogP contribution in [0.25, 0.3) is 0 Å². The Morgan fingerprint density at radius 3 is 1.41 bits per heavy atom. The SMILES string of the molecule is CC1(C)O[C@@H]2C3C(CC[C@@]4(C)C3CC[C@@H]4O[Si](C)(C)C(C)(C)C)[C@@]3(C)C=CC(=O)CC3[C@H]2O1.C[C@H]1CC(=O)CC2[C@H]3OC(C)(C)O[C@@H]3C3C(CC[C@@]4(C)C3CC[C@@H]4O[Si](C)(C)C(C)(C)C)[C@]21C.[CH3-].[CH3-].[Cu+].[Li+].